The molecule has 1 aliphatic heterocycles. The van der Waals surface area contributed by atoms with Gasteiger partial charge in [0.25, 0.3) is 0 Å². The van der Waals surface area contributed by atoms with Crippen molar-refractivity contribution in [3.63, 3.8) is 0 Å². The number of fused-ring (bicyclic) bond motifs is 1. The Morgan fingerprint density at radius 3 is 2.52 bits per heavy atom. The lowest BCUT2D eigenvalue weighted by Crippen LogP contribution is -2.39. The van der Waals surface area contributed by atoms with Crippen LogP contribution in [0.3, 0.4) is 0 Å². The fraction of sp³-hybridized carbons (Fsp3) is 0.500. The summed E-state index contributed by atoms with van der Waals surface area (Å²) >= 11 is 0. The van der Waals surface area contributed by atoms with Gasteiger partial charge >= 0.3 is 0 Å². The van der Waals surface area contributed by atoms with Crippen LogP contribution >= 0.6 is 0 Å². The fourth-order valence-electron chi connectivity index (χ4n) is 5.11. The van der Waals surface area contributed by atoms with Gasteiger partial charge in [0.2, 0.25) is 5.95 Å². The summed E-state index contributed by atoms with van der Waals surface area (Å²) in [5.74, 6) is 1.40. The monoisotopic (exact) mass is 469 g/mol. The highest BCUT2D eigenvalue weighted by Crippen LogP contribution is 2.32. The van der Waals surface area contributed by atoms with Crippen molar-refractivity contribution in [3.8, 4) is 5.82 Å². The number of benzene rings is 1. The molecule has 5 rings (SSSR count). The van der Waals surface area contributed by atoms with E-state index in [2.05, 4.69) is 38.0 Å². The maximum atomic E-state index is 11.9. The summed E-state index contributed by atoms with van der Waals surface area (Å²) in [7, 11) is -2.99. The van der Waals surface area contributed by atoms with Crippen LogP contribution in [0.25, 0.3) is 16.7 Å². The van der Waals surface area contributed by atoms with Crippen molar-refractivity contribution >= 4 is 32.4 Å². The van der Waals surface area contributed by atoms with E-state index in [-0.39, 0.29) is 17.4 Å². The third-order valence-corrected chi connectivity index (χ3v) is 8.70. The molecule has 1 aliphatic carbocycles. The van der Waals surface area contributed by atoms with Crippen LogP contribution in [0, 0.1) is 0 Å². The molecule has 0 amide bonds. The number of anilines is 2. The molecule has 2 aromatic heterocycles. The van der Waals surface area contributed by atoms with E-state index in [1.807, 2.05) is 18.3 Å². The van der Waals surface area contributed by atoms with Crippen LogP contribution in [-0.2, 0) is 9.84 Å². The number of hydrogen-bond donors (Lipinski definition) is 2. The van der Waals surface area contributed by atoms with Gasteiger partial charge < -0.3 is 19.9 Å². The van der Waals surface area contributed by atoms with Gasteiger partial charge in [-0.25, -0.2) is 13.4 Å². The van der Waals surface area contributed by atoms with Crippen LogP contribution in [0.5, 0.6) is 0 Å². The number of hydrogen-bond acceptors (Lipinski definition) is 7. The normalized spacial score (nSPS) is 22.5. The predicted octanol–water partition coefficient (Wildman–Crippen LogP) is 3.15. The SMILES string of the molecule is CS(=O)(=O)C1CCN(c2cccc3c2ccn3-c2ccnc(NC3CCC(O)CC3)n2)CC1. The molecule has 9 heteroatoms. The van der Waals surface area contributed by atoms with E-state index in [0.29, 0.717) is 18.8 Å². The van der Waals surface area contributed by atoms with Gasteiger partial charge in [-0.15, -0.1) is 0 Å². The van der Waals surface area contributed by atoms with Gasteiger partial charge in [0.1, 0.15) is 15.7 Å². The number of nitrogens with zero attached hydrogens (tertiary/aromatic N) is 4. The van der Waals surface area contributed by atoms with E-state index in [9.17, 15) is 13.5 Å². The minimum absolute atomic E-state index is 0.187. The van der Waals surface area contributed by atoms with E-state index in [1.165, 1.54) is 6.26 Å². The highest BCUT2D eigenvalue weighted by molar-refractivity contribution is 7.91. The highest BCUT2D eigenvalue weighted by atomic mass is 32.2. The minimum atomic E-state index is -2.99. The zero-order valence-corrected chi connectivity index (χ0v) is 19.7. The average Bonchev–Trinajstić information content (AvgIpc) is 3.25. The second kappa shape index (κ2) is 8.95. The molecule has 2 N–H and O–H groups in total. The Morgan fingerprint density at radius 1 is 1.03 bits per heavy atom. The third kappa shape index (κ3) is 4.70. The molecular formula is C24H31N5O3S. The lowest BCUT2D eigenvalue weighted by Gasteiger charge is -2.33. The van der Waals surface area contributed by atoms with E-state index >= 15 is 0 Å². The summed E-state index contributed by atoms with van der Waals surface area (Å²) in [6.45, 7) is 1.47. The first-order chi connectivity index (χ1) is 15.9. The van der Waals surface area contributed by atoms with Crippen LogP contribution in [0.15, 0.2) is 42.7 Å². The Kier molecular flexibility index (Phi) is 6.01. The second-order valence-electron chi connectivity index (χ2n) is 9.30. The lowest BCUT2D eigenvalue weighted by molar-refractivity contribution is 0.126. The molecule has 33 heavy (non-hydrogen) atoms. The number of aromatic nitrogens is 3. The van der Waals surface area contributed by atoms with Crippen molar-refractivity contribution < 1.29 is 13.5 Å². The molecule has 1 aromatic carbocycles. The standard InChI is InChI=1S/C24H31N5O3S/c1-33(31,32)19-10-14-28(15-11-19)21-3-2-4-22-20(21)12-16-29(22)23-9-13-25-24(27-23)26-17-5-7-18(30)8-6-17/h2-4,9,12-13,16-19,30H,5-8,10-11,14-15H2,1H3,(H,25,26,27). The van der Waals surface area contributed by atoms with E-state index in [1.54, 1.807) is 6.20 Å². The van der Waals surface area contributed by atoms with Crippen molar-refractivity contribution in [2.24, 2.45) is 0 Å². The third-order valence-electron chi connectivity index (χ3n) is 7.02. The summed E-state index contributed by atoms with van der Waals surface area (Å²) < 4.78 is 25.9. The topological polar surface area (TPSA) is 100 Å². The molecule has 1 saturated carbocycles. The molecule has 2 fully saturated rings. The van der Waals surface area contributed by atoms with Gasteiger partial charge in [0.15, 0.2) is 0 Å². The molecule has 8 nitrogen and oxygen atoms in total. The van der Waals surface area contributed by atoms with Crippen LogP contribution in [0.4, 0.5) is 11.6 Å². The summed E-state index contributed by atoms with van der Waals surface area (Å²) in [6, 6.07) is 10.5. The maximum absolute atomic E-state index is 11.9. The van der Waals surface area contributed by atoms with Crippen LogP contribution < -0.4 is 10.2 Å². The van der Waals surface area contributed by atoms with Gasteiger partial charge in [-0.05, 0) is 62.8 Å². The number of sulfone groups is 1. The summed E-state index contributed by atoms with van der Waals surface area (Å²) in [6.07, 6.45) is 9.73. The summed E-state index contributed by atoms with van der Waals surface area (Å²) in [5.41, 5.74) is 2.19. The zero-order valence-electron chi connectivity index (χ0n) is 18.9. The Balaban J connectivity index is 1.37. The quantitative estimate of drug-likeness (QED) is 0.592. The first-order valence-electron chi connectivity index (χ1n) is 11.7. The first-order valence-corrected chi connectivity index (χ1v) is 13.7. The fourth-order valence-corrected chi connectivity index (χ4v) is 6.17. The van der Waals surface area contributed by atoms with Crippen molar-refractivity contribution in [3.05, 3.63) is 42.7 Å². The Morgan fingerprint density at radius 2 is 1.79 bits per heavy atom. The number of aliphatic hydroxyl groups is 1. The van der Waals surface area contributed by atoms with Crippen LogP contribution in [0.1, 0.15) is 38.5 Å². The first kappa shape index (κ1) is 22.2. The van der Waals surface area contributed by atoms with Crippen molar-refractivity contribution in [1.82, 2.24) is 14.5 Å². The van der Waals surface area contributed by atoms with E-state index < -0.39 is 9.84 Å². The van der Waals surface area contributed by atoms with E-state index in [0.717, 1.165) is 61.2 Å². The van der Waals surface area contributed by atoms with Gasteiger partial charge in [0, 0.05) is 48.9 Å². The van der Waals surface area contributed by atoms with E-state index in [4.69, 9.17) is 4.98 Å². The molecule has 176 valence electrons. The Labute approximate surface area is 194 Å². The van der Waals surface area contributed by atoms with Crippen LogP contribution in [-0.4, -0.2) is 64.8 Å². The molecule has 0 bridgehead atoms. The number of aliphatic hydroxyl groups excluding tert-OH is 1. The molecule has 0 atom stereocenters. The van der Waals surface area contributed by atoms with Gasteiger partial charge in [-0.2, -0.15) is 4.98 Å². The smallest absolute Gasteiger partial charge is 0.224 e. The molecule has 0 spiro atoms. The minimum Gasteiger partial charge on any atom is -0.393 e. The van der Waals surface area contributed by atoms with Crippen molar-refractivity contribution in [2.75, 3.05) is 29.6 Å². The second-order valence-corrected chi connectivity index (χ2v) is 11.6. The van der Waals surface area contributed by atoms with Crippen molar-refractivity contribution in [1.29, 1.82) is 0 Å². The zero-order chi connectivity index (χ0) is 23.0. The average molecular weight is 470 g/mol. The molecule has 0 unspecified atom stereocenters. The predicted molar refractivity (Wildman–Crippen MR) is 131 cm³/mol. The van der Waals surface area contributed by atoms with Gasteiger partial charge in [-0.3, -0.25) is 0 Å². The molecule has 3 aromatic rings. The van der Waals surface area contributed by atoms with Gasteiger partial charge in [-0.1, -0.05) is 6.07 Å². The summed E-state index contributed by atoms with van der Waals surface area (Å²) in [5, 5.41) is 14.1. The highest BCUT2D eigenvalue weighted by Gasteiger charge is 2.27. The molecule has 3 heterocycles. The Bertz CT molecular complexity index is 1230. The Hall–Kier alpha value is -2.65. The molecular weight excluding hydrogens is 438 g/mol. The number of rotatable bonds is 5. The largest absolute Gasteiger partial charge is 0.393 e. The number of piperidine rings is 1. The summed E-state index contributed by atoms with van der Waals surface area (Å²) in [4.78, 5) is 11.5. The molecule has 2 aliphatic rings. The maximum Gasteiger partial charge on any atom is 0.224 e. The number of nitrogens with one attached hydrogen (secondary N) is 1. The molecule has 1 saturated heterocycles. The van der Waals surface area contributed by atoms with Crippen LogP contribution in [0.2, 0.25) is 0 Å². The molecule has 0 radical (unpaired) electrons. The van der Waals surface area contributed by atoms with Gasteiger partial charge in [0.05, 0.1) is 16.9 Å². The van der Waals surface area contributed by atoms with Crippen molar-refractivity contribution in [2.45, 2.75) is 55.9 Å². The lowest BCUT2D eigenvalue weighted by atomic mass is 9.93.